The second-order valence-corrected chi connectivity index (χ2v) is 9.94. The third kappa shape index (κ3) is 7.36. The average Bonchev–Trinajstić information content (AvgIpc) is 3.35. The van der Waals surface area contributed by atoms with Crippen molar-refractivity contribution in [2.45, 2.75) is 18.1 Å². The Morgan fingerprint density at radius 1 is 0.868 bits per heavy atom. The molecular weight excluding hydrogens is 570 g/mol. The summed E-state index contributed by atoms with van der Waals surface area (Å²) >= 11 is 4.71. The van der Waals surface area contributed by atoms with Gasteiger partial charge in [0.1, 0.15) is 11.5 Å². The molecule has 196 valence electrons. The number of rotatable bonds is 11. The van der Waals surface area contributed by atoms with Crippen LogP contribution in [0.25, 0.3) is 5.69 Å². The van der Waals surface area contributed by atoms with E-state index in [9.17, 15) is 9.59 Å². The van der Waals surface area contributed by atoms with Gasteiger partial charge in [-0.25, -0.2) is 0 Å². The first kappa shape index (κ1) is 27.2. The molecule has 0 bridgehead atoms. The highest BCUT2D eigenvalue weighted by Crippen LogP contribution is 2.24. The lowest BCUT2D eigenvalue weighted by molar-refractivity contribution is -0.120. The fraction of sp³-hybridized carbons (Fsp3) is 0.185. The number of carbonyl (C=O) groups excluding carboxylic acids is 2. The predicted octanol–water partition coefficient (Wildman–Crippen LogP) is 4.64. The zero-order valence-electron chi connectivity index (χ0n) is 20.8. The number of nitrogens with one attached hydrogen (secondary N) is 2. The molecule has 9 nitrogen and oxygen atoms in total. The molecule has 2 amide bonds. The molecule has 1 aromatic heterocycles. The Kier molecular flexibility index (Phi) is 9.39. The van der Waals surface area contributed by atoms with Crippen molar-refractivity contribution >= 4 is 45.2 Å². The monoisotopic (exact) mass is 595 g/mol. The van der Waals surface area contributed by atoms with Gasteiger partial charge in [0.05, 0.1) is 32.9 Å². The van der Waals surface area contributed by atoms with Crippen LogP contribution in [-0.2, 0) is 22.6 Å². The van der Waals surface area contributed by atoms with E-state index >= 15 is 0 Å². The molecule has 0 aliphatic rings. The maximum atomic E-state index is 12.6. The molecule has 0 aliphatic heterocycles. The number of amides is 2. The first-order valence-electron chi connectivity index (χ1n) is 11.6. The van der Waals surface area contributed by atoms with Crippen LogP contribution >= 0.6 is 27.7 Å². The van der Waals surface area contributed by atoms with Crippen LogP contribution in [0.3, 0.4) is 0 Å². The van der Waals surface area contributed by atoms with Crippen LogP contribution in [0, 0.1) is 0 Å². The van der Waals surface area contributed by atoms with E-state index in [0.29, 0.717) is 22.4 Å². The lowest BCUT2D eigenvalue weighted by atomic mass is 10.1. The molecule has 0 radical (unpaired) electrons. The van der Waals surface area contributed by atoms with Crippen molar-refractivity contribution in [3.8, 4) is 17.2 Å². The van der Waals surface area contributed by atoms with E-state index < -0.39 is 0 Å². The zero-order chi connectivity index (χ0) is 26.9. The van der Waals surface area contributed by atoms with Crippen LogP contribution in [0.2, 0.25) is 0 Å². The molecule has 0 saturated carbocycles. The van der Waals surface area contributed by atoms with Gasteiger partial charge < -0.3 is 20.1 Å². The number of ether oxygens (including phenoxy) is 2. The number of hydrogen-bond donors (Lipinski definition) is 2. The summed E-state index contributed by atoms with van der Waals surface area (Å²) < 4.78 is 13.1. The van der Waals surface area contributed by atoms with Crippen molar-refractivity contribution in [1.29, 1.82) is 0 Å². The summed E-state index contributed by atoms with van der Waals surface area (Å²) in [6.45, 7) is 0.177. The standard InChI is InChI=1S/C27H26BrN5O4S/c1-36-22-11-3-18(4-12-22)15-25(34)29-16-24-31-32-27(33(24)21-9-5-19(28)6-10-21)38-17-26(35)30-20-7-13-23(37-2)14-8-20/h3-14H,15-17H2,1-2H3,(H,29,34)(H,30,35). The first-order valence-corrected chi connectivity index (χ1v) is 13.4. The third-order valence-corrected chi connectivity index (χ3v) is 6.92. The van der Waals surface area contributed by atoms with Gasteiger partial charge >= 0.3 is 0 Å². The van der Waals surface area contributed by atoms with Gasteiger partial charge in [0.15, 0.2) is 11.0 Å². The molecule has 0 aliphatic carbocycles. The van der Waals surface area contributed by atoms with Gasteiger partial charge in [-0.05, 0) is 66.2 Å². The summed E-state index contributed by atoms with van der Waals surface area (Å²) in [5, 5.41) is 14.9. The Morgan fingerprint density at radius 3 is 2.13 bits per heavy atom. The van der Waals surface area contributed by atoms with Gasteiger partial charge in [-0.1, -0.05) is 39.8 Å². The second-order valence-electron chi connectivity index (χ2n) is 8.08. The van der Waals surface area contributed by atoms with Gasteiger partial charge in [0.25, 0.3) is 0 Å². The molecule has 11 heteroatoms. The molecule has 0 spiro atoms. The molecule has 0 fully saturated rings. The summed E-state index contributed by atoms with van der Waals surface area (Å²) in [6.07, 6.45) is 0.226. The van der Waals surface area contributed by atoms with E-state index in [2.05, 4.69) is 36.8 Å². The van der Waals surface area contributed by atoms with Gasteiger partial charge in [-0.2, -0.15) is 0 Å². The van der Waals surface area contributed by atoms with E-state index in [1.54, 1.807) is 38.5 Å². The number of benzene rings is 3. The molecule has 1 heterocycles. The smallest absolute Gasteiger partial charge is 0.234 e. The SMILES string of the molecule is COc1ccc(CC(=O)NCc2nnc(SCC(=O)Nc3ccc(OC)cc3)n2-c2ccc(Br)cc2)cc1. The molecule has 2 N–H and O–H groups in total. The molecule has 0 atom stereocenters. The fourth-order valence-corrected chi connectivity index (χ4v) is 4.56. The molecule has 4 rings (SSSR count). The number of hydrogen-bond acceptors (Lipinski definition) is 7. The average molecular weight is 597 g/mol. The Morgan fingerprint density at radius 2 is 1.50 bits per heavy atom. The van der Waals surface area contributed by atoms with Gasteiger partial charge in [0.2, 0.25) is 11.8 Å². The number of methoxy groups -OCH3 is 2. The minimum atomic E-state index is -0.181. The summed E-state index contributed by atoms with van der Waals surface area (Å²) in [4.78, 5) is 25.2. The highest BCUT2D eigenvalue weighted by atomic mass is 79.9. The predicted molar refractivity (Wildman–Crippen MR) is 150 cm³/mol. The number of anilines is 1. The summed E-state index contributed by atoms with van der Waals surface area (Å²) in [5.41, 5.74) is 2.36. The fourth-order valence-electron chi connectivity index (χ4n) is 3.53. The van der Waals surface area contributed by atoms with Crippen molar-refractivity contribution in [2.75, 3.05) is 25.3 Å². The van der Waals surface area contributed by atoms with Crippen molar-refractivity contribution in [3.63, 3.8) is 0 Å². The summed E-state index contributed by atoms with van der Waals surface area (Å²) in [6, 6.07) is 22.1. The van der Waals surface area contributed by atoms with Crippen LogP contribution in [0.15, 0.2) is 82.4 Å². The number of aromatic nitrogens is 3. The van der Waals surface area contributed by atoms with Crippen LogP contribution in [0.4, 0.5) is 5.69 Å². The van der Waals surface area contributed by atoms with Crippen LogP contribution < -0.4 is 20.1 Å². The van der Waals surface area contributed by atoms with E-state index in [4.69, 9.17) is 9.47 Å². The molecule has 4 aromatic rings. The van der Waals surface area contributed by atoms with E-state index in [-0.39, 0.29) is 30.5 Å². The van der Waals surface area contributed by atoms with Gasteiger partial charge in [0, 0.05) is 15.8 Å². The van der Waals surface area contributed by atoms with Crippen LogP contribution in [0.1, 0.15) is 11.4 Å². The van der Waals surface area contributed by atoms with Crippen molar-refractivity contribution in [1.82, 2.24) is 20.1 Å². The largest absolute Gasteiger partial charge is 0.497 e. The Hall–Kier alpha value is -3.83. The Balaban J connectivity index is 1.43. The molecule has 0 saturated heterocycles. The maximum absolute atomic E-state index is 12.6. The molecular formula is C27H26BrN5O4S. The number of thioether (sulfide) groups is 1. The minimum absolute atomic E-state index is 0.129. The normalized spacial score (nSPS) is 10.6. The summed E-state index contributed by atoms with van der Waals surface area (Å²) in [7, 11) is 3.19. The molecule has 0 unspecified atom stereocenters. The Bertz CT molecular complexity index is 1290. The van der Waals surface area contributed by atoms with Crippen LogP contribution in [0.5, 0.6) is 11.5 Å². The highest BCUT2D eigenvalue weighted by Gasteiger charge is 2.17. The van der Waals surface area contributed by atoms with Crippen LogP contribution in [-0.4, -0.2) is 46.6 Å². The lowest BCUT2D eigenvalue weighted by Gasteiger charge is -2.11. The zero-order valence-corrected chi connectivity index (χ0v) is 23.2. The lowest BCUT2D eigenvalue weighted by Crippen LogP contribution is -2.26. The van der Waals surface area contributed by atoms with E-state index in [1.807, 2.05) is 53.1 Å². The minimum Gasteiger partial charge on any atom is -0.497 e. The first-order chi connectivity index (χ1) is 18.4. The topological polar surface area (TPSA) is 107 Å². The third-order valence-electron chi connectivity index (χ3n) is 5.46. The highest BCUT2D eigenvalue weighted by molar-refractivity contribution is 9.10. The second kappa shape index (κ2) is 13.1. The van der Waals surface area contributed by atoms with Gasteiger partial charge in [-0.3, -0.25) is 14.2 Å². The number of nitrogens with zero attached hydrogens (tertiary/aromatic N) is 3. The molecule has 38 heavy (non-hydrogen) atoms. The van der Waals surface area contributed by atoms with Crippen molar-refractivity contribution in [2.24, 2.45) is 0 Å². The molecule has 3 aromatic carbocycles. The summed E-state index contributed by atoms with van der Waals surface area (Å²) in [5.74, 6) is 1.80. The van der Waals surface area contributed by atoms with E-state index in [0.717, 1.165) is 21.5 Å². The quantitative estimate of drug-likeness (QED) is 0.243. The Labute approximate surface area is 233 Å². The van der Waals surface area contributed by atoms with Crippen molar-refractivity contribution in [3.05, 3.63) is 88.7 Å². The number of carbonyl (C=O) groups is 2. The maximum Gasteiger partial charge on any atom is 0.234 e. The van der Waals surface area contributed by atoms with E-state index in [1.165, 1.54) is 11.8 Å². The van der Waals surface area contributed by atoms with Crippen molar-refractivity contribution < 1.29 is 19.1 Å². The van der Waals surface area contributed by atoms with Gasteiger partial charge in [-0.15, -0.1) is 10.2 Å². The number of halogens is 1.